The van der Waals surface area contributed by atoms with E-state index in [1.54, 1.807) is 0 Å². The van der Waals surface area contributed by atoms with Gasteiger partial charge in [0, 0.05) is 11.9 Å². The van der Waals surface area contributed by atoms with Gasteiger partial charge in [0.05, 0.1) is 11.1 Å². The Morgan fingerprint density at radius 2 is 2.00 bits per heavy atom. The summed E-state index contributed by atoms with van der Waals surface area (Å²) in [5.74, 6) is 0. The summed E-state index contributed by atoms with van der Waals surface area (Å²) < 4.78 is 2.19. The maximum atomic E-state index is 6.27. The summed E-state index contributed by atoms with van der Waals surface area (Å²) in [5, 5.41) is 1.25. The van der Waals surface area contributed by atoms with Gasteiger partial charge in [0.25, 0.3) is 0 Å². The number of nitrogens with zero attached hydrogens (tertiary/aromatic N) is 1. The highest BCUT2D eigenvalue weighted by Crippen LogP contribution is 2.23. The molecule has 1 aliphatic carbocycles. The molecule has 0 saturated carbocycles. The Labute approximate surface area is 113 Å². The molecule has 0 spiro atoms. The molecule has 0 bridgehead atoms. The number of para-hydroxylation sites is 1. The molecule has 96 valence electrons. The van der Waals surface area contributed by atoms with Gasteiger partial charge < -0.3 is 10.3 Å². The Hall–Kier alpha value is -2.06. The predicted molar refractivity (Wildman–Crippen MR) is 81.7 cm³/mol. The zero-order chi connectivity index (χ0) is 13.3. The van der Waals surface area contributed by atoms with Crippen LogP contribution in [0.4, 0.5) is 0 Å². The highest BCUT2D eigenvalue weighted by Gasteiger charge is 2.16. The van der Waals surface area contributed by atoms with Crippen molar-refractivity contribution in [2.45, 2.75) is 18.9 Å². The molecule has 1 heterocycles. The maximum absolute atomic E-state index is 6.27. The molecule has 2 N–H and O–H groups in total. The monoisotopic (exact) mass is 250 g/mol. The standard InChI is InChI=1S/C17H18N2/c1-2-17(18)11-5-7-15(9-12-17)19-13-10-14-6-3-4-8-16(14)19/h3-13H,2,18H2,1H3. The number of fused-ring (bicyclic) bond motifs is 1. The molecule has 0 saturated heterocycles. The van der Waals surface area contributed by atoms with E-state index in [0.717, 1.165) is 12.1 Å². The molecule has 1 aliphatic rings. The van der Waals surface area contributed by atoms with E-state index >= 15 is 0 Å². The molecule has 1 aromatic heterocycles. The zero-order valence-electron chi connectivity index (χ0n) is 11.1. The van der Waals surface area contributed by atoms with E-state index in [4.69, 9.17) is 5.73 Å². The Morgan fingerprint density at radius 3 is 2.84 bits per heavy atom. The molecule has 1 aromatic carbocycles. The lowest BCUT2D eigenvalue weighted by Crippen LogP contribution is -2.33. The molecule has 0 amide bonds. The molecule has 0 fully saturated rings. The van der Waals surface area contributed by atoms with Gasteiger partial charge in [-0.1, -0.05) is 43.4 Å². The molecule has 19 heavy (non-hydrogen) atoms. The van der Waals surface area contributed by atoms with Gasteiger partial charge in [-0.2, -0.15) is 0 Å². The van der Waals surface area contributed by atoms with Crippen molar-refractivity contribution in [1.29, 1.82) is 0 Å². The van der Waals surface area contributed by atoms with Crippen molar-refractivity contribution in [3.05, 3.63) is 66.9 Å². The molecule has 1 unspecified atom stereocenters. The highest BCUT2D eigenvalue weighted by atomic mass is 15.0. The smallest absolute Gasteiger partial charge is 0.0529 e. The second kappa shape index (κ2) is 4.56. The van der Waals surface area contributed by atoms with Crippen molar-refractivity contribution in [3.63, 3.8) is 0 Å². The molecule has 0 radical (unpaired) electrons. The van der Waals surface area contributed by atoms with Crippen molar-refractivity contribution in [1.82, 2.24) is 4.57 Å². The predicted octanol–water partition coefficient (Wildman–Crippen LogP) is 3.72. The van der Waals surface area contributed by atoms with Crippen molar-refractivity contribution in [3.8, 4) is 0 Å². The minimum absolute atomic E-state index is 0.332. The van der Waals surface area contributed by atoms with Crippen molar-refractivity contribution < 1.29 is 0 Å². The Morgan fingerprint density at radius 1 is 1.16 bits per heavy atom. The summed E-state index contributed by atoms with van der Waals surface area (Å²) in [6.07, 6.45) is 13.4. The Bertz CT molecular complexity index is 688. The first-order chi connectivity index (χ1) is 9.22. The van der Waals surface area contributed by atoms with Gasteiger partial charge in [-0.3, -0.25) is 0 Å². The SMILES string of the molecule is CCC1(N)C=CC=C(n2ccc3ccccc32)C=C1. The van der Waals surface area contributed by atoms with E-state index in [2.05, 4.69) is 72.3 Å². The van der Waals surface area contributed by atoms with Crippen LogP contribution in [0.1, 0.15) is 13.3 Å². The van der Waals surface area contributed by atoms with Crippen LogP contribution in [-0.4, -0.2) is 10.1 Å². The fourth-order valence-electron chi connectivity index (χ4n) is 2.38. The van der Waals surface area contributed by atoms with Gasteiger partial charge in [0.1, 0.15) is 0 Å². The van der Waals surface area contributed by atoms with Crippen molar-refractivity contribution >= 4 is 16.6 Å². The lowest BCUT2D eigenvalue weighted by Gasteiger charge is -2.18. The first-order valence-electron chi connectivity index (χ1n) is 6.66. The summed E-state index contributed by atoms with van der Waals surface area (Å²) in [6.45, 7) is 2.10. The average molecular weight is 250 g/mol. The molecular formula is C17H18N2. The van der Waals surface area contributed by atoms with Crippen molar-refractivity contribution in [2.75, 3.05) is 0 Å². The zero-order valence-corrected chi connectivity index (χ0v) is 11.1. The lowest BCUT2D eigenvalue weighted by atomic mass is 9.97. The Balaban J connectivity index is 2.06. The second-order valence-electron chi connectivity index (χ2n) is 4.99. The van der Waals surface area contributed by atoms with E-state index < -0.39 is 0 Å². The topological polar surface area (TPSA) is 30.9 Å². The molecule has 2 nitrogen and oxygen atoms in total. The van der Waals surface area contributed by atoms with Crippen LogP contribution in [-0.2, 0) is 0 Å². The normalized spacial score (nSPS) is 22.5. The maximum Gasteiger partial charge on any atom is 0.0529 e. The van der Waals surface area contributed by atoms with E-state index in [-0.39, 0.29) is 5.54 Å². The van der Waals surface area contributed by atoms with Gasteiger partial charge in [0.2, 0.25) is 0 Å². The fraction of sp³-hybridized carbons (Fsp3) is 0.176. The lowest BCUT2D eigenvalue weighted by molar-refractivity contribution is 0.630. The average Bonchev–Trinajstić information content (AvgIpc) is 2.77. The van der Waals surface area contributed by atoms with Gasteiger partial charge >= 0.3 is 0 Å². The number of benzene rings is 1. The minimum atomic E-state index is -0.332. The van der Waals surface area contributed by atoms with E-state index in [9.17, 15) is 0 Å². The summed E-state index contributed by atoms with van der Waals surface area (Å²) in [4.78, 5) is 0. The van der Waals surface area contributed by atoms with E-state index in [1.165, 1.54) is 10.9 Å². The summed E-state index contributed by atoms with van der Waals surface area (Å²) >= 11 is 0. The third kappa shape index (κ3) is 2.15. The van der Waals surface area contributed by atoms with Crippen molar-refractivity contribution in [2.24, 2.45) is 5.73 Å². The minimum Gasteiger partial charge on any atom is -0.319 e. The first-order valence-corrected chi connectivity index (χ1v) is 6.66. The molecule has 0 aliphatic heterocycles. The van der Waals surface area contributed by atoms with E-state index in [0.29, 0.717) is 0 Å². The molecular weight excluding hydrogens is 232 g/mol. The van der Waals surface area contributed by atoms with Gasteiger partial charge in [-0.25, -0.2) is 0 Å². The van der Waals surface area contributed by atoms with Crippen LogP contribution in [0.5, 0.6) is 0 Å². The summed E-state index contributed by atoms with van der Waals surface area (Å²) in [5.41, 5.74) is 8.29. The molecule has 3 rings (SSSR count). The number of allylic oxidation sites excluding steroid dienone is 4. The van der Waals surface area contributed by atoms with Crippen LogP contribution >= 0.6 is 0 Å². The first kappa shape index (κ1) is 12.0. The fourth-order valence-corrected chi connectivity index (χ4v) is 2.38. The van der Waals surface area contributed by atoms with Gasteiger partial charge in [-0.05, 0) is 36.1 Å². The highest BCUT2D eigenvalue weighted by molar-refractivity contribution is 5.85. The number of aromatic nitrogens is 1. The molecule has 2 heteroatoms. The van der Waals surface area contributed by atoms with Crippen LogP contribution in [0.2, 0.25) is 0 Å². The number of hydrogen-bond acceptors (Lipinski definition) is 1. The van der Waals surface area contributed by atoms with Gasteiger partial charge in [0.15, 0.2) is 0 Å². The third-order valence-corrected chi connectivity index (χ3v) is 3.73. The van der Waals surface area contributed by atoms with Crippen LogP contribution in [0, 0.1) is 0 Å². The quantitative estimate of drug-likeness (QED) is 0.865. The van der Waals surface area contributed by atoms with Gasteiger partial charge in [-0.15, -0.1) is 0 Å². The largest absolute Gasteiger partial charge is 0.319 e. The summed E-state index contributed by atoms with van der Waals surface area (Å²) in [7, 11) is 0. The van der Waals surface area contributed by atoms with Crippen LogP contribution in [0.25, 0.3) is 16.6 Å². The second-order valence-corrected chi connectivity index (χ2v) is 4.99. The number of rotatable bonds is 2. The van der Waals surface area contributed by atoms with E-state index in [1.807, 2.05) is 6.08 Å². The summed E-state index contributed by atoms with van der Waals surface area (Å²) in [6, 6.07) is 10.5. The number of hydrogen-bond donors (Lipinski definition) is 1. The number of nitrogens with two attached hydrogens (primary N) is 1. The Kier molecular flexibility index (Phi) is 2.88. The van der Waals surface area contributed by atoms with Crippen LogP contribution in [0.3, 0.4) is 0 Å². The van der Waals surface area contributed by atoms with Crippen LogP contribution in [0.15, 0.2) is 66.9 Å². The molecule has 1 atom stereocenters. The third-order valence-electron chi connectivity index (χ3n) is 3.73. The molecule has 2 aromatic rings. The van der Waals surface area contributed by atoms with Crippen LogP contribution < -0.4 is 5.73 Å².